The third-order valence-electron chi connectivity index (χ3n) is 4.36. The summed E-state index contributed by atoms with van der Waals surface area (Å²) >= 11 is 0. The van der Waals surface area contributed by atoms with Gasteiger partial charge in [-0.3, -0.25) is 19.4 Å². The number of nitrogens with one attached hydrogen (secondary N) is 1. The summed E-state index contributed by atoms with van der Waals surface area (Å²) in [5.41, 5.74) is 1.54. The van der Waals surface area contributed by atoms with Gasteiger partial charge in [0.25, 0.3) is 5.91 Å². The predicted octanol–water partition coefficient (Wildman–Crippen LogP) is 1.66. The minimum absolute atomic E-state index is 0.0363. The Labute approximate surface area is 148 Å². The normalized spacial score (nSPS) is 16.8. The second-order valence-electron chi connectivity index (χ2n) is 6.43. The van der Waals surface area contributed by atoms with Gasteiger partial charge in [-0.05, 0) is 26.0 Å². The number of ether oxygens (including phenoxy) is 1. The van der Waals surface area contributed by atoms with E-state index in [4.69, 9.17) is 4.74 Å². The van der Waals surface area contributed by atoms with Crippen molar-refractivity contribution in [3.8, 4) is 0 Å². The van der Waals surface area contributed by atoms with E-state index in [0.29, 0.717) is 25.3 Å². The molecule has 7 heteroatoms. The number of amides is 1. The van der Waals surface area contributed by atoms with Gasteiger partial charge in [0.2, 0.25) is 0 Å². The molecule has 1 unspecified atom stereocenters. The molecule has 25 heavy (non-hydrogen) atoms. The fourth-order valence-corrected chi connectivity index (χ4v) is 2.91. The Bertz CT molecular complexity index is 680. The molecule has 2 aromatic rings. The first-order chi connectivity index (χ1) is 12.1. The second kappa shape index (κ2) is 8.22. The molecule has 0 aromatic carbocycles. The average Bonchev–Trinajstić information content (AvgIpc) is 3.14. The van der Waals surface area contributed by atoms with Crippen LogP contribution in [0.4, 0.5) is 0 Å². The van der Waals surface area contributed by atoms with E-state index >= 15 is 0 Å². The minimum Gasteiger partial charge on any atom is -0.379 e. The Morgan fingerprint density at radius 1 is 1.32 bits per heavy atom. The maximum absolute atomic E-state index is 12.5. The summed E-state index contributed by atoms with van der Waals surface area (Å²) in [6.45, 7) is 7.65. The second-order valence-corrected chi connectivity index (χ2v) is 6.43. The van der Waals surface area contributed by atoms with Gasteiger partial charge in [0.05, 0.1) is 36.7 Å². The highest BCUT2D eigenvalue weighted by Crippen LogP contribution is 2.19. The molecule has 1 saturated heterocycles. The first-order valence-corrected chi connectivity index (χ1v) is 8.70. The van der Waals surface area contributed by atoms with E-state index in [9.17, 15) is 4.79 Å². The van der Waals surface area contributed by atoms with Gasteiger partial charge in [-0.25, -0.2) is 0 Å². The Kier molecular flexibility index (Phi) is 5.78. The Balaban J connectivity index is 1.68. The minimum atomic E-state index is -0.110. The average molecular weight is 343 g/mol. The number of carbonyl (C=O) groups is 1. The van der Waals surface area contributed by atoms with Crippen molar-refractivity contribution >= 4 is 5.91 Å². The molecular formula is C18H25N5O2. The van der Waals surface area contributed by atoms with Crippen LogP contribution in [0.2, 0.25) is 0 Å². The zero-order chi connectivity index (χ0) is 17.6. The van der Waals surface area contributed by atoms with Gasteiger partial charge in [0.15, 0.2) is 0 Å². The SMILES string of the molecule is CC(C)n1cc(C(=O)NCC(c2ccccn2)N2CCOCC2)cn1. The Hall–Kier alpha value is -2.25. The fourth-order valence-electron chi connectivity index (χ4n) is 2.91. The molecule has 3 heterocycles. The number of morpholine rings is 1. The highest BCUT2D eigenvalue weighted by Gasteiger charge is 2.24. The van der Waals surface area contributed by atoms with Crippen LogP contribution in [0.1, 0.15) is 42.0 Å². The number of aromatic nitrogens is 3. The monoisotopic (exact) mass is 343 g/mol. The number of hydrogen-bond donors (Lipinski definition) is 1. The van der Waals surface area contributed by atoms with Crippen molar-refractivity contribution in [3.05, 3.63) is 48.0 Å². The van der Waals surface area contributed by atoms with E-state index < -0.39 is 0 Å². The van der Waals surface area contributed by atoms with Crippen molar-refractivity contribution in [1.29, 1.82) is 0 Å². The summed E-state index contributed by atoms with van der Waals surface area (Å²) in [7, 11) is 0. The van der Waals surface area contributed by atoms with Gasteiger partial charge >= 0.3 is 0 Å². The van der Waals surface area contributed by atoms with E-state index in [1.54, 1.807) is 23.3 Å². The molecule has 7 nitrogen and oxygen atoms in total. The molecule has 1 N–H and O–H groups in total. The highest BCUT2D eigenvalue weighted by atomic mass is 16.5. The van der Waals surface area contributed by atoms with Crippen LogP contribution in [0.15, 0.2) is 36.8 Å². The van der Waals surface area contributed by atoms with Crippen molar-refractivity contribution in [2.45, 2.75) is 25.9 Å². The standard InChI is InChI=1S/C18H25N5O2/c1-14(2)23-13-15(11-21-23)18(24)20-12-17(16-5-3-4-6-19-16)22-7-9-25-10-8-22/h3-6,11,13-14,17H,7-10,12H2,1-2H3,(H,20,24). The molecule has 1 aliphatic rings. The van der Waals surface area contributed by atoms with E-state index in [2.05, 4.69) is 20.3 Å². The summed E-state index contributed by atoms with van der Waals surface area (Å²) in [4.78, 5) is 19.3. The molecule has 1 fully saturated rings. The maximum Gasteiger partial charge on any atom is 0.254 e. The quantitative estimate of drug-likeness (QED) is 0.864. The summed E-state index contributed by atoms with van der Waals surface area (Å²) in [6.07, 6.45) is 5.18. The summed E-state index contributed by atoms with van der Waals surface area (Å²) in [5.74, 6) is -0.110. The number of carbonyl (C=O) groups excluding carboxylic acids is 1. The van der Waals surface area contributed by atoms with Crippen molar-refractivity contribution in [2.24, 2.45) is 0 Å². The summed E-state index contributed by atoms with van der Waals surface area (Å²) in [6, 6.07) is 6.15. The van der Waals surface area contributed by atoms with Crippen molar-refractivity contribution in [2.75, 3.05) is 32.8 Å². The van der Waals surface area contributed by atoms with Gasteiger partial charge in [-0.2, -0.15) is 5.10 Å². The topological polar surface area (TPSA) is 72.3 Å². The zero-order valence-corrected chi connectivity index (χ0v) is 14.8. The van der Waals surface area contributed by atoms with Gasteiger partial charge in [-0.1, -0.05) is 6.07 Å². The van der Waals surface area contributed by atoms with Crippen LogP contribution in [0.25, 0.3) is 0 Å². The Morgan fingerprint density at radius 3 is 2.76 bits per heavy atom. The molecule has 3 rings (SSSR count). The molecule has 0 radical (unpaired) electrons. The van der Waals surface area contributed by atoms with E-state index in [1.807, 2.05) is 32.0 Å². The van der Waals surface area contributed by atoms with Crippen LogP contribution in [0.3, 0.4) is 0 Å². The lowest BCUT2D eigenvalue weighted by Gasteiger charge is -2.34. The van der Waals surface area contributed by atoms with Crippen LogP contribution in [-0.4, -0.2) is 58.4 Å². The predicted molar refractivity (Wildman–Crippen MR) is 94.3 cm³/mol. The number of nitrogens with zero attached hydrogens (tertiary/aromatic N) is 4. The molecule has 0 aliphatic carbocycles. The van der Waals surface area contributed by atoms with Crippen LogP contribution in [0, 0.1) is 0 Å². The van der Waals surface area contributed by atoms with Crippen LogP contribution < -0.4 is 5.32 Å². The van der Waals surface area contributed by atoms with Crippen LogP contribution >= 0.6 is 0 Å². The first kappa shape index (κ1) is 17.6. The molecule has 0 bridgehead atoms. The van der Waals surface area contributed by atoms with Gasteiger partial charge in [-0.15, -0.1) is 0 Å². The largest absolute Gasteiger partial charge is 0.379 e. The molecule has 0 spiro atoms. The molecule has 1 amide bonds. The lowest BCUT2D eigenvalue weighted by atomic mass is 10.1. The lowest BCUT2D eigenvalue weighted by molar-refractivity contribution is 0.0154. The summed E-state index contributed by atoms with van der Waals surface area (Å²) in [5, 5.41) is 7.26. The number of hydrogen-bond acceptors (Lipinski definition) is 5. The van der Waals surface area contributed by atoms with Crippen LogP contribution in [0.5, 0.6) is 0 Å². The molecule has 1 aliphatic heterocycles. The van der Waals surface area contributed by atoms with E-state index in [1.165, 1.54) is 0 Å². The van der Waals surface area contributed by atoms with Gasteiger partial charge < -0.3 is 10.1 Å². The van der Waals surface area contributed by atoms with Crippen molar-refractivity contribution in [3.63, 3.8) is 0 Å². The van der Waals surface area contributed by atoms with E-state index in [-0.39, 0.29) is 18.0 Å². The smallest absolute Gasteiger partial charge is 0.254 e. The molecular weight excluding hydrogens is 318 g/mol. The van der Waals surface area contributed by atoms with Crippen LogP contribution in [-0.2, 0) is 4.74 Å². The lowest BCUT2D eigenvalue weighted by Crippen LogP contribution is -2.44. The maximum atomic E-state index is 12.5. The van der Waals surface area contributed by atoms with E-state index in [0.717, 1.165) is 18.8 Å². The fraction of sp³-hybridized carbons (Fsp3) is 0.500. The number of rotatable bonds is 6. The third kappa shape index (κ3) is 4.43. The molecule has 0 saturated carbocycles. The summed E-state index contributed by atoms with van der Waals surface area (Å²) < 4.78 is 7.23. The van der Waals surface area contributed by atoms with Crippen molar-refractivity contribution in [1.82, 2.24) is 25.0 Å². The first-order valence-electron chi connectivity index (χ1n) is 8.70. The zero-order valence-electron chi connectivity index (χ0n) is 14.8. The van der Waals surface area contributed by atoms with Gasteiger partial charge in [0, 0.05) is 38.1 Å². The highest BCUT2D eigenvalue weighted by molar-refractivity contribution is 5.93. The third-order valence-corrected chi connectivity index (χ3v) is 4.36. The molecule has 1 atom stereocenters. The Morgan fingerprint density at radius 2 is 2.12 bits per heavy atom. The number of pyridine rings is 1. The van der Waals surface area contributed by atoms with Gasteiger partial charge in [0.1, 0.15) is 0 Å². The molecule has 2 aromatic heterocycles. The van der Waals surface area contributed by atoms with Crippen molar-refractivity contribution < 1.29 is 9.53 Å². The molecule has 134 valence electrons.